The monoisotopic (exact) mass is 476 g/mol. The number of nitrogens with zero attached hydrogens (tertiary/aromatic N) is 3. The Morgan fingerprint density at radius 2 is 1.85 bits per heavy atom. The minimum absolute atomic E-state index is 0. The van der Waals surface area contributed by atoms with Gasteiger partial charge in [-0.05, 0) is 31.5 Å². The molecule has 1 aliphatic rings. The Hall–Kier alpha value is -1.22. The van der Waals surface area contributed by atoms with Gasteiger partial charge in [-0.2, -0.15) is 0 Å². The van der Waals surface area contributed by atoms with Crippen molar-refractivity contribution in [3.63, 3.8) is 0 Å². The molecule has 0 atom stereocenters. The van der Waals surface area contributed by atoms with Crippen LogP contribution in [0.4, 0.5) is 0 Å². The molecule has 0 bridgehead atoms. The lowest BCUT2D eigenvalue weighted by Gasteiger charge is -2.36. The highest BCUT2D eigenvalue weighted by atomic mass is 127. The van der Waals surface area contributed by atoms with Crippen LogP contribution in [0.15, 0.2) is 23.2 Å². The summed E-state index contributed by atoms with van der Waals surface area (Å²) in [4.78, 5) is 9.51. The Labute approximate surface area is 175 Å². The molecule has 1 fully saturated rings. The zero-order valence-electron chi connectivity index (χ0n) is 16.5. The average molecular weight is 476 g/mol. The number of guanidine groups is 1. The van der Waals surface area contributed by atoms with Gasteiger partial charge in [-0.1, -0.05) is 6.92 Å². The lowest BCUT2D eigenvalue weighted by atomic mass is 10.1. The van der Waals surface area contributed by atoms with Gasteiger partial charge in [-0.3, -0.25) is 9.89 Å². The Morgan fingerprint density at radius 1 is 1.12 bits per heavy atom. The molecule has 1 aromatic carbocycles. The summed E-state index contributed by atoms with van der Waals surface area (Å²) in [6, 6.07) is 5.98. The number of benzene rings is 1. The topological polar surface area (TPSA) is 49.3 Å². The summed E-state index contributed by atoms with van der Waals surface area (Å²) in [5.41, 5.74) is 1.17. The third kappa shape index (κ3) is 6.50. The molecule has 0 unspecified atom stereocenters. The van der Waals surface area contributed by atoms with E-state index in [0.717, 1.165) is 69.7 Å². The number of rotatable bonds is 7. The van der Waals surface area contributed by atoms with Crippen molar-refractivity contribution in [3.05, 3.63) is 23.8 Å². The first-order chi connectivity index (χ1) is 12.2. The molecule has 0 spiro atoms. The van der Waals surface area contributed by atoms with Gasteiger partial charge >= 0.3 is 0 Å². The van der Waals surface area contributed by atoms with E-state index in [1.807, 2.05) is 12.1 Å². The summed E-state index contributed by atoms with van der Waals surface area (Å²) in [7, 11) is 3.42. The first-order valence-electron chi connectivity index (χ1n) is 9.18. The summed E-state index contributed by atoms with van der Waals surface area (Å²) < 4.78 is 10.9. The van der Waals surface area contributed by atoms with Crippen LogP contribution in [0.25, 0.3) is 0 Å². The van der Waals surface area contributed by atoms with E-state index in [-0.39, 0.29) is 24.0 Å². The van der Waals surface area contributed by atoms with Crippen molar-refractivity contribution in [2.45, 2.75) is 26.8 Å². The van der Waals surface area contributed by atoms with Crippen LogP contribution in [0.1, 0.15) is 25.8 Å². The van der Waals surface area contributed by atoms with Crippen molar-refractivity contribution in [1.29, 1.82) is 0 Å². The number of aliphatic imine (C=N–C) groups is 1. The summed E-state index contributed by atoms with van der Waals surface area (Å²) in [5.74, 6) is 2.83. The van der Waals surface area contributed by atoms with Crippen LogP contribution in [-0.2, 0) is 6.54 Å². The van der Waals surface area contributed by atoms with E-state index in [0.29, 0.717) is 0 Å². The van der Waals surface area contributed by atoms with Crippen LogP contribution in [0, 0.1) is 0 Å². The fourth-order valence-electron chi connectivity index (χ4n) is 3.01. The highest BCUT2D eigenvalue weighted by Gasteiger charge is 2.20. The largest absolute Gasteiger partial charge is 0.497 e. The highest BCUT2D eigenvalue weighted by molar-refractivity contribution is 14.0. The molecule has 2 rings (SSSR count). The maximum atomic E-state index is 5.50. The molecular weight excluding hydrogens is 443 g/mol. The Bertz CT molecular complexity index is 560. The summed E-state index contributed by atoms with van der Waals surface area (Å²) >= 11 is 0. The van der Waals surface area contributed by atoms with Crippen LogP contribution >= 0.6 is 24.0 Å². The second kappa shape index (κ2) is 12.2. The van der Waals surface area contributed by atoms with Gasteiger partial charge < -0.3 is 19.7 Å². The molecule has 1 heterocycles. The van der Waals surface area contributed by atoms with E-state index in [2.05, 4.69) is 35.0 Å². The van der Waals surface area contributed by atoms with E-state index in [1.54, 1.807) is 14.2 Å². The Morgan fingerprint density at radius 3 is 2.42 bits per heavy atom. The van der Waals surface area contributed by atoms with Crippen molar-refractivity contribution in [2.24, 2.45) is 4.99 Å². The second-order valence-corrected chi connectivity index (χ2v) is 6.18. The molecule has 6 nitrogen and oxygen atoms in total. The van der Waals surface area contributed by atoms with E-state index in [4.69, 9.17) is 14.5 Å². The van der Waals surface area contributed by atoms with Crippen LogP contribution in [0.2, 0.25) is 0 Å². The number of ether oxygens (including phenoxy) is 2. The van der Waals surface area contributed by atoms with Crippen molar-refractivity contribution in [2.75, 3.05) is 53.5 Å². The van der Waals surface area contributed by atoms with Gasteiger partial charge in [-0.25, -0.2) is 0 Å². The molecule has 0 amide bonds. The lowest BCUT2D eigenvalue weighted by molar-refractivity contribution is 0.171. The maximum absolute atomic E-state index is 5.50. The van der Waals surface area contributed by atoms with Gasteiger partial charge in [0.1, 0.15) is 11.5 Å². The van der Waals surface area contributed by atoms with E-state index < -0.39 is 0 Å². The Kier molecular flexibility index (Phi) is 10.7. The van der Waals surface area contributed by atoms with Gasteiger partial charge in [0.05, 0.1) is 14.2 Å². The molecule has 1 saturated heterocycles. The molecule has 148 valence electrons. The summed E-state index contributed by atoms with van der Waals surface area (Å²) in [6.45, 7) is 10.9. The Balaban J connectivity index is 0.00000338. The van der Waals surface area contributed by atoms with Crippen molar-refractivity contribution < 1.29 is 9.47 Å². The molecule has 1 aliphatic heterocycles. The van der Waals surface area contributed by atoms with Crippen LogP contribution in [0.5, 0.6) is 11.5 Å². The summed E-state index contributed by atoms with van der Waals surface area (Å²) in [6.07, 6.45) is 1.07. The number of hydrogen-bond acceptors (Lipinski definition) is 4. The van der Waals surface area contributed by atoms with Gasteiger partial charge in [-0.15, -0.1) is 24.0 Å². The molecule has 0 saturated carbocycles. The zero-order valence-corrected chi connectivity index (χ0v) is 18.8. The molecule has 1 N–H and O–H groups in total. The third-order valence-electron chi connectivity index (χ3n) is 4.37. The summed E-state index contributed by atoms with van der Waals surface area (Å²) in [5, 5.41) is 3.41. The van der Waals surface area contributed by atoms with Gasteiger partial charge in [0.25, 0.3) is 0 Å². The van der Waals surface area contributed by atoms with Gasteiger partial charge in [0.15, 0.2) is 5.96 Å². The molecule has 1 aromatic rings. The predicted molar refractivity (Wildman–Crippen MR) is 118 cm³/mol. The van der Waals surface area contributed by atoms with E-state index >= 15 is 0 Å². The van der Waals surface area contributed by atoms with E-state index in [1.165, 1.54) is 5.56 Å². The smallest absolute Gasteiger partial charge is 0.194 e. The number of halogens is 1. The second-order valence-electron chi connectivity index (χ2n) is 6.18. The molecule has 7 heteroatoms. The minimum Gasteiger partial charge on any atom is -0.497 e. The zero-order chi connectivity index (χ0) is 18.1. The quantitative estimate of drug-likeness (QED) is 0.373. The first-order valence-corrected chi connectivity index (χ1v) is 9.18. The van der Waals surface area contributed by atoms with Crippen LogP contribution in [0.3, 0.4) is 0 Å². The molecular formula is C19H33IN4O2. The fraction of sp³-hybridized carbons (Fsp3) is 0.632. The number of piperazine rings is 1. The van der Waals surface area contributed by atoms with E-state index in [9.17, 15) is 0 Å². The minimum atomic E-state index is 0. The molecule has 26 heavy (non-hydrogen) atoms. The molecule has 0 radical (unpaired) electrons. The van der Waals surface area contributed by atoms with Crippen molar-refractivity contribution in [1.82, 2.24) is 15.1 Å². The van der Waals surface area contributed by atoms with Gasteiger partial charge in [0, 0.05) is 51.4 Å². The fourth-order valence-corrected chi connectivity index (χ4v) is 3.01. The number of nitrogens with one attached hydrogen (secondary N) is 1. The molecule has 0 aromatic heterocycles. The van der Waals surface area contributed by atoms with Crippen molar-refractivity contribution >= 4 is 29.9 Å². The van der Waals surface area contributed by atoms with Gasteiger partial charge in [0.2, 0.25) is 0 Å². The lowest BCUT2D eigenvalue weighted by Crippen LogP contribution is -2.52. The van der Waals surface area contributed by atoms with Crippen LogP contribution in [-0.4, -0.2) is 69.2 Å². The SMILES string of the molecule is CCCN=C(NCC)N1CCN(Cc2cc(OC)ccc2OC)CC1.I. The third-order valence-corrected chi connectivity index (χ3v) is 4.37. The number of methoxy groups -OCH3 is 2. The molecule has 0 aliphatic carbocycles. The first kappa shape index (κ1) is 22.8. The normalized spacial score (nSPS) is 15.4. The predicted octanol–water partition coefficient (Wildman–Crippen LogP) is 2.81. The van der Waals surface area contributed by atoms with Crippen LogP contribution < -0.4 is 14.8 Å². The highest BCUT2D eigenvalue weighted by Crippen LogP contribution is 2.25. The average Bonchev–Trinajstić information content (AvgIpc) is 2.65. The number of hydrogen-bond donors (Lipinski definition) is 1. The van der Waals surface area contributed by atoms with Crippen molar-refractivity contribution in [3.8, 4) is 11.5 Å². The maximum Gasteiger partial charge on any atom is 0.194 e. The standard InChI is InChI=1S/C19H32N4O2.HI/c1-5-9-21-19(20-6-2)23-12-10-22(11-13-23)15-16-14-17(24-3)7-8-18(16)25-4;/h7-8,14H,5-6,9-13,15H2,1-4H3,(H,20,21);1H.